The van der Waals surface area contributed by atoms with E-state index in [1.165, 1.54) is 0 Å². The van der Waals surface area contributed by atoms with Crippen molar-refractivity contribution in [2.75, 3.05) is 0 Å². The van der Waals surface area contributed by atoms with Crippen LogP contribution in [0.3, 0.4) is 0 Å². The fraction of sp³-hybridized carbons (Fsp3) is 0.515. The Morgan fingerprint density at radius 2 is 1.53 bits per heavy atom. The van der Waals surface area contributed by atoms with Gasteiger partial charge < -0.3 is 5.11 Å². The molecule has 0 saturated heterocycles. The molecule has 5 unspecified atom stereocenters. The topological polar surface area (TPSA) is 88.5 Å². The van der Waals surface area contributed by atoms with Crippen LogP contribution >= 0.6 is 0 Å². The Hall–Kier alpha value is -2.92. The maximum Gasteiger partial charge on any atom is 0.180 e. The molecule has 38 heavy (non-hydrogen) atoms. The fourth-order valence-corrected chi connectivity index (χ4v) is 6.20. The van der Waals surface area contributed by atoms with Crippen LogP contribution in [0.1, 0.15) is 84.0 Å². The highest BCUT2D eigenvalue weighted by Gasteiger charge is 2.61. The number of carbonyl (C=O) groups excluding carboxylic acids is 4. The Balaban J connectivity index is 2.19. The number of aliphatic hydroxyl groups is 1. The summed E-state index contributed by atoms with van der Waals surface area (Å²) in [7, 11) is 0. The van der Waals surface area contributed by atoms with E-state index in [1.807, 2.05) is 46.8 Å². The molecule has 0 bridgehead atoms. The van der Waals surface area contributed by atoms with Crippen molar-refractivity contribution < 1.29 is 24.3 Å². The van der Waals surface area contributed by atoms with Crippen LogP contribution in [0.4, 0.5) is 0 Å². The van der Waals surface area contributed by atoms with Crippen molar-refractivity contribution in [1.29, 1.82) is 0 Å². The first kappa shape index (κ1) is 29.6. The van der Waals surface area contributed by atoms with Crippen LogP contribution in [0.5, 0.6) is 0 Å². The number of benzene rings is 1. The predicted octanol–water partition coefficient (Wildman–Crippen LogP) is 6.27. The van der Waals surface area contributed by atoms with E-state index < -0.39 is 46.0 Å². The third-order valence-corrected chi connectivity index (χ3v) is 8.56. The third kappa shape index (κ3) is 5.73. The number of ketones is 4. The molecule has 2 fully saturated rings. The van der Waals surface area contributed by atoms with Gasteiger partial charge in [-0.15, -0.1) is 0 Å². The number of hydrogen-bond donors (Lipinski definition) is 1. The molecule has 2 aliphatic rings. The molecule has 0 spiro atoms. The van der Waals surface area contributed by atoms with Gasteiger partial charge in [0.05, 0.1) is 16.9 Å². The number of rotatable bonds is 9. The molecule has 0 amide bonds. The molecule has 2 aliphatic carbocycles. The van der Waals surface area contributed by atoms with Gasteiger partial charge in [0.2, 0.25) is 0 Å². The summed E-state index contributed by atoms with van der Waals surface area (Å²) in [6.45, 7) is 15.3. The van der Waals surface area contributed by atoms with Gasteiger partial charge >= 0.3 is 0 Å². The summed E-state index contributed by atoms with van der Waals surface area (Å²) in [6.07, 6.45) is 5.32. The molecule has 5 nitrogen and oxygen atoms in total. The summed E-state index contributed by atoms with van der Waals surface area (Å²) in [5.41, 5.74) is 0.471. The Bertz CT molecular complexity index is 1150. The summed E-state index contributed by atoms with van der Waals surface area (Å²) < 4.78 is 0. The average molecular weight is 519 g/mol. The second-order valence-electron chi connectivity index (χ2n) is 12.1. The van der Waals surface area contributed by atoms with Gasteiger partial charge in [-0.05, 0) is 85.5 Å². The number of allylic oxidation sites excluding steroid dienone is 5. The van der Waals surface area contributed by atoms with E-state index in [0.29, 0.717) is 12.8 Å². The van der Waals surface area contributed by atoms with E-state index in [1.54, 1.807) is 37.3 Å². The maximum absolute atomic E-state index is 14.4. The molecular weight excluding hydrogens is 476 g/mol. The molecule has 5 heteroatoms. The largest absolute Gasteiger partial charge is 0.390 e. The molecule has 1 N–H and O–H groups in total. The first-order valence-corrected chi connectivity index (χ1v) is 13.6. The molecule has 2 saturated carbocycles. The van der Waals surface area contributed by atoms with Gasteiger partial charge in [0.25, 0.3) is 0 Å². The Labute approximate surface area is 227 Å². The smallest absolute Gasteiger partial charge is 0.180 e. The van der Waals surface area contributed by atoms with Gasteiger partial charge in [0, 0.05) is 5.56 Å². The highest BCUT2D eigenvalue weighted by Crippen LogP contribution is 2.50. The van der Waals surface area contributed by atoms with Gasteiger partial charge in [-0.3, -0.25) is 19.2 Å². The highest BCUT2D eigenvalue weighted by molar-refractivity contribution is 6.36. The van der Waals surface area contributed by atoms with Crippen LogP contribution < -0.4 is 0 Å². The van der Waals surface area contributed by atoms with E-state index in [2.05, 4.69) is 6.58 Å². The van der Waals surface area contributed by atoms with Crippen molar-refractivity contribution in [1.82, 2.24) is 0 Å². The second-order valence-corrected chi connectivity index (χ2v) is 12.1. The molecule has 0 heterocycles. The Morgan fingerprint density at radius 3 is 2.03 bits per heavy atom. The molecule has 0 aromatic heterocycles. The molecule has 204 valence electrons. The summed E-state index contributed by atoms with van der Waals surface area (Å²) in [5, 5.41) is 11.2. The van der Waals surface area contributed by atoms with E-state index in [-0.39, 0.29) is 36.7 Å². The predicted molar refractivity (Wildman–Crippen MR) is 150 cm³/mol. The van der Waals surface area contributed by atoms with Crippen LogP contribution in [-0.2, 0) is 14.4 Å². The Morgan fingerprint density at radius 1 is 0.974 bits per heavy atom. The number of Topliss-reactive ketones (excluding diaryl/α,β-unsaturated/α-hetero) is 4. The van der Waals surface area contributed by atoms with Crippen LogP contribution in [-0.4, -0.2) is 33.8 Å². The third-order valence-electron chi connectivity index (χ3n) is 8.56. The number of hydrogen-bond acceptors (Lipinski definition) is 5. The van der Waals surface area contributed by atoms with Crippen LogP contribution in [0, 0.1) is 29.1 Å². The fourth-order valence-electron chi connectivity index (χ4n) is 6.20. The van der Waals surface area contributed by atoms with Crippen LogP contribution in [0.2, 0.25) is 0 Å². The Kier molecular flexibility index (Phi) is 8.93. The zero-order chi connectivity index (χ0) is 28.4. The normalized spacial score (nSPS) is 28.7. The van der Waals surface area contributed by atoms with Gasteiger partial charge in [-0.25, -0.2) is 0 Å². The van der Waals surface area contributed by atoms with E-state index >= 15 is 0 Å². The minimum atomic E-state index is -1.55. The lowest BCUT2D eigenvalue weighted by molar-refractivity contribution is -0.156. The summed E-state index contributed by atoms with van der Waals surface area (Å²) in [5.74, 6) is -5.36. The molecule has 1 aromatic rings. The van der Waals surface area contributed by atoms with Crippen LogP contribution in [0.25, 0.3) is 0 Å². The SMILES string of the molecule is C=C(C)C1CCC(C)(O)C1CC1C(=O)C(C(=O)c2ccccc2)C(=O)C(CC=C(C)C)(CC=C(C)C)C1=O. The minimum Gasteiger partial charge on any atom is -0.390 e. The minimum absolute atomic E-state index is 0.0449. The van der Waals surface area contributed by atoms with Gasteiger partial charge in [0.15, 0.2) is 23.1 Å². The van der Waals surface area contributed by atoms with Crippen molar-refractivity contribution >= 4 is 23.1 Å². The molecule has 0 radical (unpaired) electrons. The lowest BCUT2D eigenvalue weighted by atomic mass is 9.56. The van der Waals surface area contributed by atoms with E-state index in [0.717, 1.165) is 16.7 Å². The van der Waals surface area contributed by atoms with Crippen molar-refractivity contribution in [3.05, 3.63) is 71.3 Å². The van der Waals surface area contributed by atoms with Gasteiger partial charge in [0.1, 0.15) is 5.92 Å². The monoisotopic (exact) mass is 518 g/mol. The molecule has 5 atom stereocenters. The molecule has 1 aromatic carbocycles. The zero-order valence-electron chi connectivity index (χ0n) is 23.7. The zero-order valence-corrected chi connectivity index (χ0v) is 23.7. The van der Waals surface area contributed by atoms with Gasteiger partial charge in [-0.2, -0.15) is 0 Å². The summed E-state index contributed by atoms with van der Waals surface area (Å²) in [4.78, 5) is 56.3. The van der Waals surface area contributed by atoms with Crippen molar-refractivity contribution in [3.8, 4) is 0 Å². The second kappa shape index (κ2) is 11.4. The lowest BCUT2D eigenvalue weighted by Gasteiger charge is -2.42. The molecule has 3 rings (SSSR count). The summed E-state index contributed by atoms with van der Waals surface area (Å²) in [6, 6.07) is 8.35. The van der Waals surface area contributed by atoms with Crippen molar-refractivity contribution in [3.63, 3.8) is 0 Å². The highest BCUT2D eigenvalue weighted by atomic mass is 16.3. The van der Waals surface area contributed by atoms with E-state index in [9.17, 15) is 24.3 Å². The van der Waals surface area contributed by atoms with E-state index in [4.69, 9.17) is 0 Å². The van der Waals surface area contributed by atoms with Crippen LogP contribution in [0.15, 0.2) is 65.8 Å². The first-order valence-electron chi connectivity index (χ1n) is 13.6. The maximum atomic E-state index is 14.4. The van der Waals surface area contributed by atoms with Gasteiger partial charge in [-0.1, -0.05) is 65.8 Å². The standard InChI is InChI=1S/C33H42O5/c1-20(2)13-17-33(18-14-21(3)4)30(36)25(19-26-24(22(5)6)15-16-32(26,7)38)29(35)27(31(33)37)28(34)23-11-9-8-10-12-23/h8-14,24-27,38H,5,15-19H2,1-4,6-7H3. The lowest BCUT2D eigenvalue weighted by Crippen LogP contribution is -2.58. The molecular formula is C33H42O5. The average Bonchev–Trinajstić information content (AvgIpc) is 3.15. The summed E-state index contributed by atoms with van der Waals surface area (Å²) >= 11 is 0. The van der Waals surface area contributed by atoms with Crippen molar-refractivity contribution in [2.45, 2.75) is 79.2 Å². The quantitative estimate of drug-likeness (QED) is 0.237. The number of carbonyl (C=O) groups is 4. The first-order chi connectivity index (χ1) is 17.7. The molecule has 0 aliphatic heterocycles. The van der Waals surface area contributed by atoms with Crippen molar-refractivity contribution in [2.24, 2.45) is 29.1 Å².